The van der Waals surface area contributed by atoms with Gasteiger partial charge < -0.3 is 5.73 Å². The standard InChI is InChI=1S/C12H13F2N/c13-8-2-1-3-9(14)10(8)11(4-5-11)12(15)6-7-12/h1-3H,4-7,15H2. The van der Waals surface area contributed by atoms with Crippen LogP contribution in [-0.2, 0) is 5.41 Å². The zero-order valence-electron chi connectivity index (χ0n) is 8.39. The lowest BCUT2D eigenvalue weighted by molar-refractivity contribution is 0.443. The molecule has 15 heavy (non-hydrogen) atoms. The summed E-state index contributed by atoms with van der Waals surface area (Å²) in [6.07, 6.45) is 3.42. The molecular weight excluding hydrogens is 196 g/mol. The van der Waals surface area contributed by atoms with Crippen LogP contribution in [0, 0.1) is 11.6 Å². The van der Waals surface area contributed by atoms with E-state index in [2.05, 4.69) is 0 Å². The number of hydrogen-bond donors (Lipinski definition) is 1. The molecule has 0 atom stereocenters. The molecule has 0 aromatic heterocycles. The second-order valence-electron chi connectivity index (χ2n) is 4.83. The maximum absolute atomic E-state index is 13.6. The van der Waals surface area contributed by atoms with E-state index in [9.17, 15) is 8.78 Å². The summed E-state index contributed by atoms with van der Waals surface area (Å²) in [5, 5.41) is 0. The van der Waals surface area contributed by atoms with Gasteiger partial charge in [-0.15, -0.1) is 0 Å². The molecule has 2 saturated carbocycles. The topological polar surface area (TPSA) is 26.0 Å². The SMILES string of the molecule is NC1(C2(c3c(F)cccc3F)CC2)CC1. The molecule has 0 amide bonds. The fraction of sp³-hybridized carbons (Fsp3) is 0.500. The van der Waals surface area contributed by atoms with Crippen molar-refractivity contribution in [1.82, 2.24) is 0 Å². The third kappa shape index (κ3) is 1.10. The first-order valence-electron chi connectivity index (χ1n) is 5.32. The third-order valence-electron chi connectivity index (χ3n) is 3.93. The fourth-order valence-electron chi connectivity index (χ4n) is 2.69. The predicted octanol–water partition coefficient (Wildman–Crippen LogP) is 2.49. The van der Waals surface area contributed by atoms with Gasteiger partial charge in [0.05, 0.1) is 0 Å². The lowest BCUT2D eigenvalue weighted by atomic mass is 9.85. The number of rotatable bonds is 2. The zero-order chi connectivity index (χ0) is 10.7. The Morgan fingerprint density at radius 3 is 1.93 bits per heavy atom. The van der Waals surface area contributed by atoms with Crippen molar-refractivity contribution in [1.29, 1.82) is 0 Å². The Kier molecular flexibility index (Phi) is 1.60. The van der Waals surface area contributed by atoms with Crippen LogP contribution in [0.3, 0.4) is 0 Å². The smallest absolute Gasteiger partial charge is 0.129 e. The lowest BCUT2D eigenvalue weighted by Gasteiger charge is -2.24. The third-order valence-corrected chi connectivity index (χ3v) is 3.93. The first-order valence-corrected chi connectivity index (χ1v) is 5.32. The normalized spacial score (nSPS) is 25.0. The fourth-order valence-corrected chi connectivity index (χ4v) is 2.69. The first-order chi connectivity index (χ1) is 7.09. The molecule has 2 N–H and O–H groups in total. The van der Waals surface area contributed by atoms with E-state index in [1.165, 1.54) is 18.2 Å². The summed E-state index contributed by atoms with van der Waals surface area (Å²) in [4.78, 5) is 0. The highest BCUT2D eigenvalue weighted by molar-refractivity contribution is 5.42. The van der Waals surface area contributed by atoms with Gasteiger partial charge in [0, 0.05) is 16.5 Å². The first kappa shape index (κ1) is 9.28. The van der Waals surface area contributed by atoms with E-state index in [0.29, 0.717) is 0 Å². The van der Waals surface area contributed by atoms with Crippen LogP contribution < -0.4 is 5.73 Å². The van der Waals surface area contributed by atoms with Gasteiger partial charge in [-0.05, 0) is 37.8 Å². The summed E-state index contributed by atoms with van der Waals surface area (Å²) in [7, 11) is 0. The Labute approximate surface area is 87.3 Å². The van der Waals surface area contributed by atoms with E-state index >= 15 is 0 Å². The van der Waals surface area contributed by atoms with Crippen LogP contribution in [0.2, 0.25) is 0 Å². The molecule has 1 nitrogen and oxygen atoms in total. The monoisotopic (exact) mass is 209 g/mol. The average molecular weight is 209 g/mol. The summed E-state index contributed by atoms with van der Waals surface area (Å²) in [5.74, 6) is -0.881. The van der Waals surface area contributed by atoms with Crippen LogP contribution in [0.15, 0.2) is 18.2 Å². The highest BCUT2D eigenvalue weighted by Crippen LogP contribution is 2.64. The van der Waals surface area contributed by atoms with E-state index in [1.807, 2.05) is 0 Å². The van der Waals surface area contributed by atoms with Crippen molar-refractivity contribution in [3.63, 3.8) is 0 Å². The van der Waals surface area contributed by atoms with Gasteiger partial charge in [0.15, 0.2) is 0 Å². The number of halogens is 2. The molecule has 3 rings (SSSR count). The lowest BCUT2D eigenvalue weighted by Crippen LogP contribution is -2.38. The maximum Gasteiger partial charge on any atom is 0.129 e. The summed E-state index contributed by atoms with van der Waals surface area (Å²) >= 11 is 0. The molecule has 1 aromatic rings. The van der Waals surface area contributed by atoms with Gasteiger partial charge in [-0.3, -0.25) is 0 Å². The summed E-state index contributed by atoms with van der Waals surface area (Å²) in [5.41, 5.74) is 5.61. The minimum Gasteiger partial charge on any atom is -0.324 e. The van der Waals surface area contributed by atoms with Gasteiger partial charge in [-0.1, -0.05) is 6.07 Å². The molecule has 0 aliphatic heterocycles. The van der Waals surface area contributed by atoms with E-state index in [-0.39, 0.29) is 11.1 Å². The van der Waals surface area contributed by atoms with Gasteiger partial charge in [-0.2, -0.15) is 0 Å². The molecule has 3 heteroatoms. The largest absolute Gasteiger partial charge is 0.324 e. The maximum atomic E-state index is 13.6. The summed E-state index contributed by atoms with van der Waals surface area (Å²) < 4.78 is 27.3. The second-order valence-corrected chi connectivity index (χ2v) is 4.83. The van der Waals surface area contributed by atoms with Gasteiger partial charge in [0.2, 0.25) is 0 Å². The quantitative estimate of drug-likeness (QED) is 0.795. The van der Waals surface area contributed by atoms with Crippen molar-refractivity contribution in [2.75, 3.05) is 0 Å². The van der Waals surface area contributed by atoms with Gasteiger partial charge in [0.25, 0.3) is 0 Å². The zero-order valence-corrected chi connectivity index (χ0v) is 8.39. The Bertz CT molecular complexity index is 399. The van der Waals surface area contributed by atoms with Crippen molar-refractivity contribution in [3.05, 3.63) is 35.4 Å². The van der Waals surface area contributed by atoms with E-state index in [0.717, 1.165) is 25.7 Å². The molecule has 0 bridgehead atoms. The van der Waals surface area contributed by atoms with Crippen LogP contribution in [0.1, 0.15) is 31.2 Å². The Morgan fingerprint density at radius 1 is 1.00 bits per heavy atom. The van der Waals surface area contributed by atoms with Crippen molar-refractivity contribution < 1.29 is 8.78 Å². The Hall–Kier alpha value is -0.960. The van der Waals surface area contributed by atoms with Crippen molar-refractivity contribution >= 4 is 0 Å². The average Bonchev–Trinajstić information content (AvgIpc) is 3.02. The molecule has 0 unspecified atom stereocenters. The predicted molar refractivity (Wildman–Crippen MR) is 53.4 cm³/mol. The second kappa shape index (κ2) is 2.59. The van der Waals surface area contributed by atoms with Gasteiger partial charge in [0.1, 0.15) is 11.6 Å². The minimum atomic E-state index is -0.441. The molecule has 1 aromatic carbocycles. The van der Waals surface area contributed by atoms with Crippen molar-refractivity contribution in [2.24, 2.45) is 5.73 Å². The summed E-state index contributed by atoms with van der Waals surface area (Å²) in [6.45, 7) is 0. The Morgan fingerprint density at radius 2 is 1.53 bits per heavy atom. The molecule has 2 aliphatic carbocycles. The molecule has 0 radical (unpaired) electrons. The van der Waals surface area contributed by atoms with Crippen LogP contribution in [-0.4, -0.2) is 5.54 Å². The molecule has 2 fully saturated rings. The molecule has 0 heterocycles. The van der Waals surface area contributed by atoms with Crippen LogP contribution in [0.25, 0.3) is 0 Å². The van der Waals surface area contributed by atoms with Crippen molar-refractivity contribution in [2.45, 2.75) is 36.6 Å². The van der Waals surface area contributed by atoms with Crippen molar-refractivity contribution in [3.8, 4) is 0 Å². The highest BCUT2D eigenvalue weighted by atomic mass is 19.1. The molecular formula is C12H13F2N. The molecule has 0 spiro atoms. The number of hydrogen-bond acceptors (Lipinski definition) is 1. The number of nitrogens with two attached hydrogens (primary N) is 1. The molecule has 2 aliphatic rings. The van der Waals surface area contributed by atoms with E-state index < -0.39 is 17.0 Å². The van der Waals surface area contributed by atoms with Crippen LogP contribution >= 0.6 is 0 Å². The van der Waals surface area contributed by atoms with E-state index in [1.54, 1.807) is 0 Å². The number of benzene rings is 1. The van der Waals surface area contributed by atoms with Crippen LogP contribution in [0.4, 0.5) is 8.78 Å². The Balaban J connectivity index is 2.13. The molecule has 0 saturated heterocycles. The minimum absolute atomic E-state index is 0.227. The molecule has 80 valence electrons. The van der Waals surface area contributed by atoms with Gasteiger partial charge >= 0.3 is 0 Å². The van der Waals surface area contributed by atoms with E-state index in [4.69, 9.17) is 5.73 Å². The van der Waals surface area contributed by atoms with Crippen LogP contribution in [0.5, 0.6) is 0 Å². The highest BCUT2D eigenvalue weighted by Gasteiger charge is 2.65. The van der Waals surface area contributed by atoms with Gasteiger partial charge in [-0.25, -0.2) is 8.78 Å². The summed E-state index contributed by atoms with van der Waals surface area (Å²) in [6, 6.07) is 4.05.